The molecular weight excluding hydrogens is 250 g/mol. The first-order chi connectivity index (χ1) is 9.65. The Bertz CT molecular complexity index is 414. The standard InChI is InChI=1S/C16H27N3O/c1-13(2)16(12-17)19-9-7-18(8-10-19)14-5-4-6-15(11-14)20-3/h4-6,11,13,16H,7-10,12,17H2,1-3H3. The van der Waals surface area contributed by atoms with E-state index in [1.165, 1.54) is 5.69 Å². The number of rotatable bonds is 5. The zero-order valence-corrected chi connectivity index (χ0v) is 12.9. The summed E-state index contributed by atoms with van der Waals surface area (Å²) >= 11 is 0. The molecule has 0 amide bonds. The third-order valence-corrected chi connectivity index (χ3v) is 4.21. The first-order valence-electron chi connectivity index (χ1n) is 7.48. The van der Waals surface area contributed by atoms with Crippen molar-refractivity contribution < 1.29 is 4.74 Å². The molecule has 2 N–H and O–H groups in total. The Hall–Kier alpha value is -1.26. The van der Waals surface area contributed by atoms with Gasteiger partial charge in [-0.1, -0.05) is 19.9 Å². The van der Waals surface area contributed by atoms with Gasteiger partial charge in [-0.3, -0.25) is 4.90 Å². The maximum atomic E-state index is 5.92. The number of methoxy groups -OCH3 is 1. The molecule has 0 radical (unpaired) electrons. The van der Waals surface area contributed by atoms with Crippen LogP contribution in [0.25, 0.3) is 0 Å². The minimum Gasteiger partial charge on any atom is -0.497 e. The van der Waals surface area contributed by atoms with Gasteiger partial charge in [0, 0.05) is 50.5 Å². The Balaban J connectivity index is 1.96. The van der Waals surface area contributed by atoms with Crippen molar-refractivity contribution in [3.8, 4) is 5.75 Å². The molecule has 20 heavy (non-hydrogen) atoms. The van der Waals surface area contributed by atoms with E-state index >= 15 is 0 Å². The predicted octanol–water partition coefficient (Wildman–Crippen LogP) is 1.80. The average molecular weight is 277 g/mol. The number of piperazine rings is 1. The third-order valence-electron chi connectivity index (χ3n) is 4.21. The van der Waals surface area contributed by atoms with Crippen LogP contribution in [0.4, 0.5) is 5.69 Å². The second-order valence-electron chi connectivity index (χ2n) is 5.77. The summed E-state index contributed by atoms with van der Waals surface area (Å²) in [7, 11) is 1.71. The zero-order valence-electron chi connectivity index (χ0n) is 12.9. The fourth-order valence-electron chi connectivity index (χ4n) is 2.96. The van der Waals surface area contributed by atoms with Gasteiger partial charge in [0.25, 0.3) is 0 Å². The number of hydrogen-bond donors (Lipinski definition) is 1. The molecule has 2 rings (SSSR count). The molecular formula is C16H27N3O. The monoisotopic (exact) mass is 277 g/mol. The number of hydrogen-bond acceptors (Lipinski definition) is 4. The van der Waals surface area contributed by atoms with Gasteiger partial charge in [-0.15, -0.1) is 0 Å². The molecule has 1 aromatic carbocycles. The highest BCUT2D eigenvalue weighted by Gasteiger charge is 2.25. The highest BCUT2D eigenvalue weighted by Crippen LogP contribution is 2.23. The van der Waals surface area contributed by atoms with Gasteiger partial charge in [0.15, 0.2) is 0 Å². The van der Waals surface area contributed by atoms with Crippen LogP contribution in [-0.4, -0.2) is 50.8 Å². The summed E-state index contributed by atoms with van der Waals surface area (Å²) in [6, 6.07) is 8.81. The van der Waals surface area contributed by atoms with E-state index in [9.17, 15) is 0 Å². The third kappa shape index (κ3) is 3.44. The van der Waals surface area contributed by atoms with Gasteiger partial charge in [0.05, 0.1) is 7.11 Å². The minimum atomic E-state index is 0.502. The first kappa shape index (κ1) is 15.1. The molecule has 1 aliphatic rings. The number of anilines is 1. The Labute approximate surface area is 122 Å². The fourth-order valence-corrected chi connectivity index (χ4v) is 2.96. The Morgan fingerprint density at radius 3 is 2.45 bits per heavy atom. The topological polar surface area (TPSA) is 41.7 Å². The van der Waals surface area contributed by atoms with Crippen molar-refractivity contribution in [2.75, 3.05) is 44.7 Å². The maximum Gasteiger partial charge on any atom is 0.120 e. The van der Waals surface area contributed by atoms with Crippen LogP contribution < -0.4 is 15.4 Å². The van der Waals surface area contributed by atoms with Gasteiger partial charge < -0.3 is 15.4 Å². The molecule has 1 atom stereocenters. The molecule has 4 heteroatoms. The molecule has 0 bridgehead atoms. The van der Waals surface area contributed by atoms with Gasteiger partial charge in [-0.05, 0) is 18.1 Å². The molecule has 1 aliphatic heterocycles. The van der Waals surface area contributed by atoms with Crippen LogP contribution in [0.2, 0.25) is 0 Å². The van der Waals surface area contributed by atoms with Crippen molar-refractivity contribution in [2.24, 2.45) is 11.7 Å². The lowest BCUT2D eigenvalue weighted by molar-refractivity contribution is 0.151. The highest BCUT2D eigenvalue weighted by molar-refractivity contribution is 5.51. The lowest BCUT2D eigenvalue weighted by atomic mass is 10.0. The van der Waals surface area contributed by atoms with Crippen LogP contribution in [-0.2, 0) is 0 Å². The SMILES string of the molecule is COc1cccc(N2CCN(C(CN)C(C)C)CC2)c1. The maximum absolute atomic E-state index is 5.92. The van der Waals surface area contributed by atoms with Crippen molar-refractivity contribution in [3.63, 3.8) is 0 Å². The Kier molecular flexibility index (Phi) is 5.26. The van der Waals surface area contributed by atoms with E-state index in [4.69, 9.17) is 10.5 Å². The number of ether oxygens (including phenoxy) is 1. The van der Waals surface area contributed by atoms with Crippen LogP contribution in [0.3, 0.4) is 0 Å². The van der Waals surface area contributed by atoms with Crippen LogP contribution in [0.1, 0.15) is 13.8 Å². The van der Waals surface area contributed by atoms with Crippen molar-refractivity contribution in [1.82, 2.24) is 4.90 Å². The molecule has 1 unspecified atom stereocenters. The van der Waals surface area contributed by atoms with Crippen LogP contribution in [0, 0.1) is 5.92 Å². The van der Waals surface area contributed by atoms with Gasteiger partial charge in [-0.25, -0.2) is 0 Å². The van der Waals surface area contributed by atoms with E-state index < -0.39 is 0 Å². The van der Waals surface area contributed by atoms with E-state index in [0.29, 0.717) is 12.0 Å². The van der Waals surface area contributed by atoms with E-state index in [2.05, 4.69) is 41.8 Å². The molecule has 1 saturated heterocycles. The lowest BCUT2D eigenvalue weighted by Crippen LogP contribution is -2.54. The number of benzene rings is 1. The van der Waals surface area contributed by atoms with Crippen LogP contribution in [0.15, 0.2) is 24.3 Å². The summed E-state index contributed by atoms with van der Waals surface area (Å²) in [5.41, 5.74) is 7.16. The molecule has 1 heterocycles. The first-order valence-corrected chi connectivity index (χ1v) is 7.48. The molecule has 0 aliphatic carbocycles. The second kappa shape index (κ2) is 6.95. The van der Waals surface area contributed by atoms with Crippen molar-refractivity contribution in [3.05, 3.63) is 24.3 Å². The summed E-state index contributed by atoms with van der Waals surface area (Å²) in [5, 5.41) is 0. The van der Waals surface area contributed by atoms with E-state index in [1.54, 1.807) is 7.11 Å². The Morgan fingerprint density at radius 1 is 1.20 bits per heavy atom. The zero-order chi connectivity index (χ0) is 14.5. The summed E-state index contributed by atoms with van der Waals surface area (Å²) in [5.74, 6) is 1.54. The largest absolute Gasteiger partial charge is 0.497 e. The molecule has 112 valence electrons. The van der Waals surface area contributed by atoms with E-state index in [0.717, 1.165) is 38.5 Å². The minimum absolute atomic E-state index is 0.502. The molecule has 4 nitrogen and oxygen atoms in total. The smallest absolute Gasteiger partial charge is 0.120 e. The molecule has 1 aromatic rings. The van der Waals surface area contributed by atoms with E-state index in [-0.39, 0.29) is 0 Å². The van der Waals surface area contributed by atoms with Gasteiger partial charge in [-0.2, -0.15) is 0 Å². The lowest BCUT2D eigenvalue weighted by Gasteiger charge is -2.41. The van der Waals surface area contributed by atoms with Crippen LogP contribution in [0.5, 0.6) is 5.75 Å². The van der Waals surface area contributed by atoms with Crippen molar-refractivity contribution >= 4 is 5.69 Å². The van der Waals surface area contributed by atoms with Gasteiger partial charge in [0.1, 0.15) is 5.75 Å². The normalized spacial score (nSPS) is 18.4. The fraction of sp³-hybridized carbons (Fsp3) is 0.625. The number of nitrogens with zero attached hydrogens (tertiary/aromatic N) is 2. The second-order valence-corrected chi connectivity index (χ2v) is 5.77. The van der Waals surface area contributed by atoms with Crippen molar-refractivity contribution in [1.29, 1.82) is 0 Å². The van der Waals surface area contributed by atoms with E-state index in [1.807, 2.05) is 6.07 Å². The summed E-state index contributed by atoms with van der Waals surface area (Å²) in [6.45, 7) is 9.52. The average Bonchev–Trinajstić information content (AvgIpc) is 2.48. The summed E-state index contributed by atoms with van der Waals surface area (Å²) in [4.78, 5) is 4.95. The number of nitrogens with two attached hydrogens (primary N) is 1. The quantitative estimate of drug-likeness (QED) is 0.891. The highest BCUT2D eigenvalue weighted by atomic mass is 16.5. The summed E-state index contributed by atoms with van der Waals surface area (Å²) < 4.78 is 5.30. The predicted molar refractivity (Wildman–Crippen MR) is 84.5 cm³/mol. The summed E-state index contributed by atoms with van der Waals surface area (Å²) in [6.07, 6.45) is 0. The Morgan fingerprint density at radius 2 is 1.90 bits per heavy atom. The molecule has 1 fully saturated rings. The molecule has 0 spiro atoms. The van der Waals surface area contributed by atoms with Gasteiger partial charge in [0.2, 0.25) is 0 Å². The van der Waals surface area contributed by atoms with Crippen LogP contribution >= 0.6 is 0 Å². The van der Waals surface area contributed by atoms with Gasteiger partial charge >= 0.3 is 0 Å². The van der Waals surface area contributed by atoms with Crippen molar-refractivity contribution in [2.45, 2.75) is 19.9 Å². The molecule has 0 aromatic heterocycles. The molecule has 0 saturated carbocycles.